The van der Waals surface area contributed by atoms with Crippen LogP contribution in [0.5, 0.6) is 0 Å². The van der Waals surface area contributed by atoms with Gasteiger partial charge in [0, 0.05) is 66.1 Å². The van der Waals surface area contributed by atoms with Crippen LogP contribution in [-0.4, -0.2) is 64.2 Å². The number of rotatable bonds is 10. The summed E-state index contributed by atoms with van der Waals surface area (Å²) in [6.45, 7) is -9.40. The summed E-state index contributed by atoms with van der Waals surface area (Å²) in [5.41, 5.74) is -4.50. The molecule has 1 saturated heterocycles. The number of amides is 1. The molecule has 0 bridgehead atoms. The molecule has 1 aromatic rings. The van der Waals surface area contributed by atoms with Gasteiger partial charge in [-0.3, -0.25) is 9.69 Å². The summed E-state index contributed by atoms with van der Waals surface area (Å²) in [4.78, 5) is 14.6. The maximum Gasteiger partial charge on any atom is 0.221 e. The van der Waals surface area contributed by atoms with Gasteiger partial charge in [0.1, 0.15) is 1.41 Å². The molecule has 1 amide bonds. The van der Waals surface area contributed by atoms with Gasteiger partial charge in [0.25, 0.3) is 0 Å². The normalized spacial score (nSPS) is 26.6. The quantitative estimate of drug-likeness (QED) is 0.599. The average molecular weight is 427 g/mol. The maximum atomic E-state index is 12.9. The van der Waals surface area contributed by atoms with Crippen molar-refractivity contribution < 1.29 is 35.2 Å². The van der Waals surface area contributed by atoms with Crippen LogP contribution < -0.4 is 14.9 Å². The fourth-order valence-corrected chi connectivity index (χ4v) is 3.19. The number of anilines is 2. The number of hydrogen-bond acceptors (Lipinski definition) is 5. The number of piperazine rings is 1. The standard InChI is InChI=1S/C20H34N4O3S/c1-17(2)16-28(26,27)21-9-4-5-10-23-11-13-24(14-12-23)20-8-6-7-19(15-20)22-18(3)25/h6-8,15,17,21H,4-5,9-14,16H2,1-3H3,(H,22,25)/i1D3,2D3,7D,8D,10D2,15D,16D2,17D/hD2. The van der Waals surface area contributed by atoms with E-state index in [1.807, 2.05) is 0 Å². The Balaban J connectivity index is 2.14. The molecular weight excluding hydrogens is 376 g/mol. The van der Waals surface area contributed by atoms with Gasteiger partial charge in [0.15, 0.2) is 1.41 Å². The number of sulfonamides is 1. The van der Waals surface area contributed by atoms with Crippen LogP contribution in [0, 0.1) is 5.89 Å². The fourth-order valence-electron chi connectivity index (χ4n) is 2.50. The van der Waals surface area contributed by atoms with Gasteiger partial charge in [-0.1, -0.05) is 19.8 Å². The van der Waals surface area contributed by atoms with E-state index in [2.05, 4.69) is 0 Å². The van der Waals surface area contributed by atoms with Crippen molar-refractivity contribution in [2.45, 2.75) is 33.5 Å². The minimum Gasteiger partial charge on any atom is -0.369 e. The molecule has 28 heavy (non-hydrogen) atoms. The third-order valence-corrected chi connectivity index (χ3v) is 4.67. The van der Waals surface area contributed by atoms with E-state index >= 15 is 0 Å². The zero-order valence-electron chi connectivity index (χ0n) is 31.4. The lowest BCUT2D eigenvalue weighted by Gasteiger charge is -2.36. The van der Waals surface area contributed by atoms with E-state index in [1.165, 1.54) is 4.90 Å². The zero-order chi connectivity index (χ0) is 34.4. The lowest BCUT2D eigenvalue weighted by atomic mass is 10.2. The highest BCUT2D eigenvalue weighted by atomic mass is 32.2. The van der Waals surface area contributed by atoms with Crippen LogP contribution in [-0.2, 0) is 14.8 Å². The van der Waals surface area contributed by atoms with E-state index in [4.69, 9.17) is 22.0 Å². The smallest absolute Gasteiger partial charge is 0.221 e. The van der Waals surface area contributed by atoms with Gasteiger partial charge in [-0.15, -0.1) is 0 Å². The molecule has 0 spiro atoms. The summed E-state index contributed by atoms with van der Waals surface area (Å²) in [5.74, 6) is -4.87. The minimum atomic E-state index is -5.67. The first-order valence-electron chi connectivity index (χ1n) is 16.5. The molecule has 7 nitrogen and oxygen atoms in total. The second-order valence-corrected chi connectivity index (χ2v) is 7.34. The number of nitrogens with zero attached hydrogens (tertiary/aromatic N) is 2. The van der Waals surface area contributed by atoms with E-state index in [0.717, 1.165) is 13.0 Å². The predicted molar refractivity (Wildman–Crippen MR) is 115 cm³/mol. The van der Waals surface area contributed by atoms with Crippen LogP contribution >= 0.6 is 0 Å². The third-order valence-electron chi connectivity index (χ3n) is 3.68. The van der Waals surface area contributed by atoms with Crippen molar-refractivity contribution >= 4 is 27.3 Å². The van der Waals surface area contributed by atoms with Gasteiger partial charge in [-0.25, -0.2) is 13.1 Å². The second-order valence-electron chi connectivity index (χ2n) is 5.93. The van der Waals surface area contributed by atoms with Crippen molar-refractivity contribution in [1.82, 2.24) is 9.62 Å². The Hall–Kier alpha value is -1.64. The molecule has 0 saturated carbocycles. The van der Waals surface area contributed by atoms with Gasteiger partial charge in [0.2, 0.25) is 15.9 Å². The summed E-state index contributed by atoms with van der Waals surface area (Å²) in [6.07, 6.45) is -0.756. The number of nitrogens with one attached hydrogen (secondary N) is 2. The van der Waals surface area contributed by atoms with E-state index in [9.17, 15) is 13.2 Å². The Bertz CT molecular complexity index is 1320. The predicted octanol–water partition coefficient (Wildman–Crippen LogP) is 2.12. The molecule has 0 aromatic heterocycles. The van der Waals surface area contributed by atoms with Crippen molar-refractivity contribution in [2.75, 3.05) is 55.1 Å². The second kappa shape index (κ2) is 10.8. The molecule has 0 atom stereocenters. The Kier molecular flexibility index (Phi) is 3.47. The van der Waals surface area contributed by atoms with Crippen molar-refractivity contribution in [3.63, 3.8) is 0 Å². The SMILES string of the molecule is [2H]c1cc([2H])c(N([2H])C(C)=O)c([2H])c1N1CCN(C([2H])([2H])CCCN([2H])S(=O)(=O)C([2H])([2H])C([2H])(C([2H])([2H])[2H])C([2H])([2H])[2H])CC1. The number of benzene rings is 1. The van der Waals surface area contributed by atoms with Gasteiger partial charge >= 0.3 is 0 Å². The van der Waals surface area contributed by atoms with Gasteiger partial charge in [-0.2, -0.15) is 0 Å². The van der Waals surface area contributed by atoms with Crippen molar-refractivity contribution in [1.29, 1.82) is 0 Å². The van der Waals surface area contributed by atoms with Crippen molar-refractivity contribution in [3.05, 3.63) is 24.2 Å². The number of carbonyl (C=O) groups excluding carboxylic acids is 1. The molecule has 0 aliphatic carbocycles. The van der Waals surface area contributed by atoms with Crippen molar-refractivity contribution in [2.24, 2.45) is 5.89 Å². The molecule has 2 N–H and O–H groups in total. The highest BCUT2D eigenvalue weighted by molar-refractivity contribution is 7.89. The molecule has 0 unspecified atom stereocenters. The van der Waals surface area contributed by atoms with E-state index < -0.39 is 54.3 Å². The fraction of sp³-hybridized carbons (Fsp3) is 0.650. The first kappa shape index (κ1) is 9.02. The van der Waals surface area contributed by atoms with E-state index in [-0.39, 0.29) is 73.2 Å². The van der Waals surface area contributed by atoms with Gasteiger partial charge in [-0.05, 0) is 43.4 Å². The lowest BCUT2D eigenvalue weighted by molar-refractivity contribution is -0.114. The summed E-state index contributed by atoms with van der Waals surface area (Å²) in [6, 6.07) is 0.174. The van der Waals surface area contributed by atoms with Gasteiger partial charge in [0.05, 0.1) is 9.82 Å². The third kappa shape index (κ3) is 8.16. The highest BCUT2D eigenvalue weighted by Gasteiger charge is 2.17. The maximum absolute atomic E-state index is 12.9. The Labute approximate surface area is 192 Å². The molecule has 0 radical (unpaired) electrons. The van der Waals surface area contributed by atoms with Crippen LogP contribution in [0.25, 0.3) is 0 Å². The highest BCUT2D eigenvalue weighted by Crippen LogP contribution is 2.21. The summed E-state index contributed by atoms with van der Waals surface area (Å²) in [7, 11) is -5.67. The first-order valence-corrected chi connectivity index (χ1v) is 10.0. The molecule has 1 aromatic carbocycles. The molecule has 1 aliphatic heterocycles. The largest absolute Gasteiger partial charge is 0.369 e. The molecule has 1 heterocycles. The van der Waals surface area contributed by atoms with Crippen LogP contribution in [0.15, 0.2) is 24.2 Å². The lowest BCUT2D eigenvalue weighted by Crippen LogP contribution is -2.46. The van der Waals surface area contributed by atoms with E-state index in [1.54, 1.807) is 4.90 Å². The summed E-state index contributed by atoms with van der Waals surface area (Å²) in [5, 5.41) is 0.389. The van der Waals surface area contributed by atoms with Crippen LogP contribution in [0.3, 0.4) is 0 Å². The van der Waals surface area contributed by atoms with Crippen molar-refractivity contribution in [3.8, 4) is 0 Å². The number of carbonyl (C=O) groups is 1. The molecule has 1 aliphatic rings. The average Bonchev–Trinajstić information content (AvgIpc) is 2.86. The van der Waals surface area contributed by atoms with Crippen LogP contribution in [0.4, 0.5) is 11.4 Å². The monoisotopic (exact) mass is 426 g/mol. The molecule has 1 fully saturated rings. The molecule has 8 heteroatoms. The number of hydrogen-bond donors (Lipinski definition) is 2. The van der Waals surface area contributed by atoms with Crippen LogP contribution in [0.2, 0.25) is 2.82 Å². The first-order chi connectivity index (χ1) is 19.7. The minimum absolute atomic E-state index is 0.0467. The zero-order valence-corrected chi connectivity index (χ0v) is 16.3. The van der Waals surface area contributed by atoms with E-state index in [0.29, 0.717) is 5.31 Å². The summed E-state index contributed by atoms with van der Waals surface area (Å²) < 4.78 is 151. The topological polar surface area (TPSA) is 81.8 Å². The Morgan fingerprint density at radius 1 is 1.36 bits per heavy atom. The van der Waals surface area contributed by atoms with Crippen LogP contribution in [0.1, 0.15) is 52.7 Å². The molecule has 2 rings (SSSR count). The molecule has 158 valence electrons. The van der Waals surface area contributed by atoms with Gasteiger partial charge < -0.3 is 10.2 Å². The molecular formula is C20H34N4O3S. The Morgan fingerprint density at radius 2 is 2.11 bits per heavy atom. The summed E-state index contributed by atoms with van der Waals surface area (Å²) >= 11 is 0. The Morgan fingerprint density at radius 3 is 2.79 bits per heavy atom.